The second-order valence-corrected chi connectivity index (χ2v) is 8.37. The molecule has 1 unspecified atom stereocenters. The lowest BCUT2D eigenvalue weighted by molar-refractivity contribution is 0.0595. The number of hydrogen-bond donors (Lipinski definition) is 1. The lowest BCUT2D eigenvalue weighted by Gasteiger charge is -2.36. The van der Waals surface area contributed by atoms with Gasteiger partial charge in [-0.3, -0.25) is 9.89 Å². The number of aromatic nitrogens is 4. The van der Waals surface area contributed by atoms with E-state index in [0.29, 0.717) is 0 Å². The molecule has 0 aliphatic carbocycles. The minimum Gasteiger partial charge on any atom is -0.336 e. The van der Waals surface area contributed by atoms with E-state index in [1.165, 1.54) is 6.42 Å². The second-order valence-electron chi connectivity index (χ2n) is 8.37. The van der Waals surface area contributed by atoms with Gasteiger partial charge in [0.1, 0.15) is 5.82 Å². The highest BCUT2D eigenvalue weighted by Crippen LogP contribution is 2.27. The Balaban J connectivity index is 1.35. The monoisotopic (exact) mass is 413 g/mol. The van der Waals surface area contributed by atoms with Crippen LogP contribution in [0.15, 0.2) is 61.2 Å². The van der Waals surface area contributed by atoms with Gasteiger partial charge in [-0.25, -0.2) is 4.98 Å². The number of carbonyl (C=O) groups is 1. The summed E-state index contributed by atoms with van der Waals surface area (Å²) in [5.74, 6) is 1.17. The molecule has 0 saturated carbocycles. The molecule has 2 aromatic heterocycles. The average molecular weight is 414 g/mol. The Hall–Kier alpha value is -3.41. The first kappa shape index (κ1) is 19.5. The number of piperidine rings is 1. The van der Waals surface area contributed by atoms with Crippen LogP contribution in [0.2, 0.25) is 0 Å². The van der Waals surface area contributed by atoms with Gasteiger partial charge in [0.05, 0.1) is 6.20 Å². The summed E-state index contributed by atoms with van der Waals surface area (Å²) in [6.45, 7) is 3.76. The van der Waals surface area contributed by atoms with Gasteiger partial charge in [-0.05, 0) is 67.1 Å². The molecule has 3 heterocycles. The molecule has 1 amide bonds. The molecule has 1 aliphatic rings. The molecule has 0 radical (unpaired) electrons. The number of imidazole rings is 1. The summed E-state index contributed by atoms with van der Waals surface area (Å²) in [7, 11) is 0. The molecule has 1 N–H and O–H groups in total. The fourth-order valence-corrected chi connectivity index (χ4v) is 4.63. The molecule has 0 spiro atoms. The summed E-state index contributed by atoms with van der Waals surface area (Å²) in [6, 6.07) is 12.6. The fourth-order valence-electron chi connectivity index (χ4n) is 4.63. The number of rotatable bonds is 5. The minimum absolute atomic E-state index is 0.146. The number of H-pyrrole nitrogens is 1. The third kappa shape index (κ3) is 3.98. The summed E-state index contributed by atoms with van der Waals surface area (Å²) in [5.41, 5.74) is 2.95. The highest BCUT2D eigenvalue weighted by Gasteiger charge is 2.27. The number of fused-ring (bicyclic) bond motifs is 1. The quantitative estimate of drug-likeness (QED) is 0.510. The molecule has 4 aromatic rings. The van der Waals surface area contributed by atoms with Gasteiger partial charge in [0.25, 0.3) is 5.91 Å². The van der Waals surface area contributed by atoms with Crippen molar-refractivity contribution in [1.29, 1.82) is 0 Å². The first-order chi connectivity index (χ1) is 15.2. The number of nitrogens with zero attached hydrogens (tertiary/aromatic N) is 4. The van der Waals surface area contributed by atoms with Crippen LogP contribution in [0, 0.1) is 6.92 Å². The first-order valence-corrected chi connectivity index (χ1v) is 11.0. The van der Waals surface area contributed by atoms with E-state index in [0.717, 1.165) is 65.6 Å². The number of benzene rings is 2. The van der Waals surface area contributed by atoms with Gasteiger partial charge in [-0.2, -0.15) is 5.10 Å². The van der Waals surface area contributed by atoms with E-state index in [1.54, 1.807) is 0 Å². The van der Waals surface area contributed by atoms with Crippen LogP contribution >= 0.6 is 0 Å². The number of aromatic amines is 1. The van der Waals surface area contributed by atoms with E-state index < -0.39 is 0 Å². The standard InChI is InChI=1S/C25H27N5O/c1-18-26-10-13-29(18)12-9-24-4-2-3-11-30(24)25(31)22-8-7-19-14-21(6-5-20(19)15-22)23-16-27-28-17-23/h5-8,10,13-17,24H,2-4,9,11-12H2,1H3,(H,27,28). The Morgan fingerprint density at radius 1 is 1.13 bits per heavy atom. The average Bonchev–Trinajstić information content (AvgIpc) is 3.49. The van der Waals surface area contributed by atoms with Gasteiger partial charge in [0.15, 0.2) is 0 Å². The van der Waals surface area contributed by atoms with Crippen LogP contribution in [-0.2, 0) is 6.54 Å². The molecule has 6 nitrogen and oxygen atoms in total. The molecule has 5 rings (SSSR count). The van der Waals surface area contributed by atoms with Crippen molar-refractivity contribution in [2.24, 2.45) is 0 Å². The van der Waals surface area contributed by atoms with Crippen LogP contribution in [0.5, 0.6) is 0 Å². The molecule has 0 bridgehead atoms. The summed E-state index contributed by atoms with van der Waals surface area (Å²) < 4.78 is 2.17. The predicted octanol–water partition coefficient (Wildman–Crippen LogP) is 4.82. The Kier molecular flexibility index (Phi) is 5.28. The third-order valence-corrected chi connectivity index (χ3v) is 6.43. The Morgan fingerprint density at radius 3 is 2.81 bits per heavy atom. The van der Waals surface area contributed by atoms with E-state index >= 15 is 0 Å². The molecule has 1 aliphatic heterocycles. The maximum Gasteiger partial charge on any atom is 0.254 e. The first-order valence-electron chi connectivity index (χ1n) is 11.0. The molecule has 158 valence electrons. The van der Waals surface area contributed by atoms with Gasteiger partial charge in [-0.1, -0.05) is 18.2 Å². The van der Waals surface area contributed by atoms with E-state index in [-0.39, 0.29) is 11.9 Å². The molecular weight excluding hydrogens is 386 g/mol. The molecule has 31 heavy (non-hydrogen) atoms. The predicted molar refractivity (Wildman–Crippen MR) is 122 cm³/mol. The van der Waals surface area contributed by atoms with Gasteiger partial charge >= 0.3 is 0 Å². The van der Waals surface area contributed by atoms with Crippen molar-refractivity contribution in [2.45, 2.75) is 45.2 Å². The van der Waals surface area contributed by atoms with Gasteiger partial charge in [0.2, 0.25) is 0 Å². The van der Waals surface area contributed by atoms with Crippen molar-refractivity contribution < 1.29 is 4.79 Å². The highest BCUT2D eigenvalue weighted by molar-refractivity contribution is 5.99. The van der Waals surface area contributed by atoms with Crippen LogP contribution in [0.4, 0.5) is 0 Å². The van der Waals surface area contributed by atoms with Crippen molar-refractivity contribution in [2.75, 3.05) is 6.54 Å². The topological polar surface area (TPSA) is 66.8 Å². The van der Waals surface area contributed by atoms with Gasteiger partial charge < -0.3 is 9.47 Å². The number of likely N-dealkylation sites (tertiary alicyclic amines) is 1. The van der Waals surface area contributed by atoms with Crippen LogP contribution in [0.25, 0.3) is 21.9 Å². The SMILES string of the molecule is Cc1nccn1CCC1CCCCN1C(=O)c1ccc2cc(-c3cn[nH]c3)ccc2c1. The molecule has 6 heteroatoms. The number of amides is 1. The Morgan fingerprint density at radius 2 is 2.00 bits per heavy atom. The van der Waals surface area contributed by atoms with Crippen LogP contribution < -0.4 is 0 Å². The van der Waals surface area contributed by atoms with Crippen molar-refractivity contribution in [1.82, 2.24) is 24.6 Å². The van der Waals surface area contributed by atoms with Crippen molar-refractivity contribution in [3.05, 3.63) is 72.6 Å². The Bertz CT molecular complexity index is 1190. The van der Waals surface area contributed by atoms with Gasteiger partial charge in [0, 0.05) is 48.8 Å². The van der Waals surface area contributed by atoms with Crippen molar-refractivity contribution >= 4 is 16.7 Å². The maximum atomic E-state index is 13.4. The molecule has 1 saturated heterocycles. The normalized spacial score (nSPS) is 16.7. The number of hydrogen-bond acceptors (Lipinski definition) is 3. The zero-order chi connectivity index (χ0) is 21.2. The number of nitrogens with one attached hydrogen (secondary N) is 1. The second kappa shape index (κ2) is 8.38. The van der Waals surface area contributed by atoms with Crippen LogP contribution in [-0.4, -0.2) is 43.1 Å². The molecule has 2 aromatic carbocycles. The van der Waals surface area contributed by atoms with Crippen LogP contribution in [0.3, 0.4) is 0 Å². The lowest BCUT2D eigenvalue weighted by Crippen LogP contribution is -2.44. The largest absolute Gasteiger partial charge is 0.336 e. The third-order valence-electron chi connectivity index (χ3n) is 6.43. The van der Waals surface area contributed by atoms with Crippen LogP contribution in [0.1, 0.15) is 41.9 Å². The van der Waals surface area contributed by atoms with Crippen molar-refractivity contribution in [3.63, 3.8) is 0 Å². The molecular formula is C25H27N5O. The van der Waals surface area contributed by atoms with E-state index in [4.69, 9.17) is 0 Å². The summed E-state index contributed by atoms with van der Waals surface area (Å²) in [5, 5.41) is 9.10. The van der Waals surface area contributed by atoms with E-state index in [9.17, 15) is 4.79 Å². The minimum atomic E-state index is 0.146. The highest BCUT2D eigenvalue weighted by atomic mass is 16.2. The zero-order valence-corrected chi connectivity index (χ0v) is 17.8. The smallest absolute Gasteiger partial charge is 0.254 e. The fraction of sp³-hybridized carbons (Fsp3) is 0.320. The summed E-state index contributed by atoms with van der Waals surface area (Å²) >= 11 is 0. The molecule has 1 fully saturated rings. The lowest BCUT2D eigenvalue weighted by atomic mass is 9.97. The number of carbonyl (C=O) groups excluding carboxylic acids is 1. The maximum absolute atomic E-state index is 13.4. The zero-order valence-electron chi connectivity index (χ0n) is 17.8. The Labute approximate surface area is 181 Å². The van der Waals surface area contributed by atoms with Crippen molar-refractivity contribution in [3.8, 4) is 11.1 Å². The van der Waals surface area contributed by atoms with E-state index in [1.807, 2.05) is 43.8 Å². The molecule has 1 atom stereocenters. The summed E-state index contributed by atoms with van der Waals surface area (Å²) in [6.07, 6.45) is 11.9. The summed E-state index contributed by atoms with van der Waals surface area (Å²) in [4.78, 5) is 19.8. The van der Waals surface area contributed by atoms with E-state index in [2.05, 4.69) is 48.9 Å². The number of aryl methyl sites for hydroxylation is 2. The van der Waals surface area contributed by atoms with Gasteiger partial charge in [-0.15, -0.1) is 0 Å².